The molecule has 0 radical (unpaired) electrons. The van der Waals surface area contributed by atoms with Crippen LogP contribution in [-0.2, 0) is 16.1 Å². The first-order valence-corrected chi connectivity index (χ1v) is 8.12. The van der Waals surface area contributed by atoms with E-state index in [-0.39, 0.29) is 11.8 Å². The molecule has 22 heavy (non-hydrogen) atoms. The van der Waals surface area contributed by atoms with Gasteiger partial charge in [0.15, 0.2) is 0 Å². The van der Waals surface area contributed by atoms with Crippen LogP contribution in [0.25, 0.3) is 0 Å². The Labute approximate surface area is 133 Å². The molecule has 0 aliphatic carbocycles. The highest BCUT2D eigenvalue weighted by molar-refractivity contribution is 5.87. The van der Waals surface area contributed by atoms with Crippen LogP contribution >= 0.6 is 0 Å². The summed E-state index contributed by atoms with van der Waals surface area (Å²) in [4.78, 5) is 26.3. The summed E-state index contributed by atoms with van der Waals surface area (Å²) in [6, 6.07) is 7.63. The van der Waals surface area contributed by atoms with Crippen LogP contribution in [0.15, 0.2) is 24.3 Å². The molecular formula is C18H28N2O2. The molecular weight excluding hydrogens is 276 g/mol. The zero-order chi connectivity index (χ0) is 16.5. The number of rotatable bonds is 8. The van der Waals surface area contributed by atoms with Crippen molar-refractivity contribution in [3.05, 3.63) is 35.4 Å². The summed E-state index contributed by atoms with van der Waals surface area (Å²) in [6.07, 6.45) is 2.14. The van der Waals surface area contributed by atoms with Crippen LogP contribution in [0.4, 0.5) is 0 Å². The lowest BCUT2D eigenvalue weighted by Crippen LogP contribution is -2.47. The first-order chi connectivity index (χ1) is 10.5. The van der Waals surface area contributed by atoms with Gasteiger partial charge in [0.25, 0.3) is 0 Å². The topological polar surface area (TPSA) is 49.4 Å². The summed E-state index contributed by atoms with van der Waals surface area (Å²) in [5.74, 6) is -0.0550. The van der Waals surface area contributed by atoms with E-state index >= 15 is 0 Å². The van der Waals surface area contributed by atoms with Crippen molar-refractivity contribution in [2.45, 2.75) is 59.5 Å². The Kier molecular flexibility index (Phi) is 7.64. The largest absolute Gasteiger partial charge is 0.354 e. The van der Waals surface area contributed by atoms with E-state index in [9.17, 15) is 9.59 Å². The monoisotopic (exact) mass is 304 g/mol. The molecule has 0 aliphatic rings. The first kappa shape index (κ1) is 18.2. The van der Waals surface area contributed by atoms with Crippen LogP contribution in [0.2, 0.25) is 0 Å². The van der Waals surface area contributed by atoms with Gasteiger partial charge in [-0.15, -0.1) is 0 Å². The van der Waals surface area contributed by atoms with Gasteiger partial charge in [-0.05, 0) is 32.3 Å². The van der Waals surface area contributed by atoms with E-state index in [1.807, 2.05) is 45.0 Å². The predicted molar refractivity (Wildman–Crippen MR) is 89.4 cm³/mol. The fourth-order valence-electron chi connectivity index (χ4n) is 2.23. The smallest absolute Gasteiger partial charge is 0.242 e. The quantitative estimate of drug-likeness (QED) is 0.802. The third kappa shape index (κ3) is 5.51. The Balaban J connectivity index is 2.85. The molecule has 122 valence electrons. The van der Waals surface area contributed by atoms with E-state index in [1.165, 1.54) is 5.56 Å². The number of benzene rings is 1. The Bertz CT molecular complexity index is 482. The van der Waals surface area contributed by atoms with Gasteiger partial charge in [0, 0.05) is 19.5 Å². The molecule has 1 atom stereocenters. The third-order valence-electron chi connectivity index (χ3n) is 3.65. The number of hydrogen-bond acceptors (Lipinski definition) is 2. The van der Waals surface area contributed by atoms with Gasteiger partial charge in [-0.1, -0.05) is 43.7 Å². The zero-order valence-corrected chi connectivity index (χ0v) is 14.2. The van der Waals surface area contributed by atoms with Crippen LogP contribution in [0, 0.1) is 6.92 Å². The SMILES string of the molecule is CCCNC(=O)[C@H](C)N(Cc1ccc(C)cc1)C(=O)CCC. The lowest BCUT2D eigenvalue weighted by atomic mass is 10.1. The fraction of sp³-hybridized carbons (Fsp3) is 0.556. The maximum Gasteiger partial charge on any atom is 0.242 e. The number of amides is 2. The van der Waals surface area contributed by atoms with Crippen molar-refractivity contribution >= 4 is 11.8 Å². The van der Waals surface area contributed by atoms with Gasteiger partial charge in [0.1, 0.15) is 6.04 Å². The van der Waals surface area contributed by atoms with Crippen molar-refractivity contribution in [1.29, 1.82) is 0 Å². The number of aryl methyl sites for hydroxylation is 1. The highest BCUT2D eigenvalue weighted by Gasteiger charge is 2.25. The number of hydrogen-bond donors (Lipinski definition) is 1. The maximum absolute atomic E-state index is 12.4. The van der Waals surface area contributed by atoms with Crippen molar-refractivity contribution in [2.75, 3.05) is 6.54 Å². The summed E-state index contributed by atoms with van der Waals surface area (Å²) in [6.45, 7) is 8.93. The lowest BCUT2D eigenvalue weighted by Gasteiger charge is -2.28. The third-order valence-corrected chi connectivity index (χ3v) is 3.65. The molecule has 1 aromatic carbocycles. The van der Waals surface area contributed by atoms with E-state index in [0.717, 1.165) is 18.4 Å². The average Bonchev–Trinajstić information content (AvgIpc) is 2.51. The minimum atomic E-state index is -0.452. The molecule has 0 heterocycles. The summed E-state index contributed by atoms with van der Waals surface area (Å²) >= 11 is 0. The molecule has 0 saturated heterocycles. The zero-order valence-electron chi connectivity index (χ0n) is 14.2. The summed E-state index contributed by atoms with van der Waals surface area (Å²) < 4.78 is 0. The second-order valence-corrected chi connectivity index (χ2v) is 5.72. The fourth-order valence-corrected chi connectivity index (χ4v) is 2.23. The van der Waals surface area contributed by atoms with Gasteiger partial charge < -0.3 is 10.2 Å². The van der Waals surface area contributed by atoms with Crippen molar-refractivity contribution < 1.29 is 9.59 Å². The van der Waals surface area contributed by atoms with Gasteiger partial charge in [-0.25, -0.2) is 0 Å². The van der Waals surface area contributed by atoms with E-state index in [4.69, 9.17) is 0 Å². The van der Waals surface area contributed by atoms with Crippen LogP contribution in [0.5, 0.6) is 0 Å². The molecule has 4 heteroatoms. The van der Waals surface area contributed by atoms with Crippen molar-refractivity contribution in [3.63, 3.8) is 0 Å². The normalized spacial score (nSPS) is 11.8. The molecule has 0 aliphatic heterocycles. The molecule has 2 amide bonds. The maximum atomic E-state index is 12.4. The Morgan fingerprint density at radius 1 is 1.14 bits per heavy atom. The van der Waals surface area contributed by atoms with Crippen molar-refractivity contribution in [2.24, 2.45) is 0 Å². The second kappa shape index (κ2) is 9.23. The summed E-state index contributed by atoms with van der Waals surface area (Å²) in [5.41, 5.74) is 2.23. The number of carbonyl (C=O) groups is 2. The lowest BCUT2D eigenvalue weighted by molar-refractivity contribution is -0.140. The van der Waals surface area contributed by atoms with Gasteiger partial charge in [-0.2, -0.15) is 0 Å². The molecule has 1 aromatic rings. The minimum Gasteiger partial charge on any atom is -0.354 e. The van der Waals surface area contributed by atoms with Gasteiger partial charge >= 0.3 is 0 Å². The minimum absolute atomic E-state index is 0.0298. The molecule has 0 aromatic heterocycles. The highest BCUT2D eigenvalue weighted by Crippen LogP contribution is 2.12. The summed E-state index contributed by atoms with van der Waals surface area (Å²) in [5, 5.41) is 2.87. The molecule has 1 rings (SSSR count). The van der Waals surface area contributed by atoms with Gasteiger partial charge in [0.2, 0.25) is 11.8 Å². The van der Waals surface area contributed by atoms with Crippen molar-refractivity contribution in [1.82, 2.24) is 10.2 Å². The molecule has 4 nitrogen and oxygen atoms in total. The van der Waals surface area contributed by atoms with Crippen molar-refractivity contribution in [3.8, 4) is 0 Å². The van der Waals surface area contributed by atoms with Gasteiger partial charge in [-0.3, -0.25) is 9.59 Å². The number of carbonyl (C=O) groups excluding carboxylic acids is 2. The first-order valence-electron chi connectivity index (χ1n) is 8.12. The van der Waals surface area contributed by atoms with Crippen LogP contribution in [0.1, 0.15) is 51.2 Å². The molecule has 0 spiro atoms. The van der Waals surface area contributed by atoms with E-state index in [0.29, 0.717) is 19.5 Å². The molecule has 0 saturated carbocycles. The molecule has 0 bridgehead atoms. The molecule has 0 unspecified atom stereocenters. The average molecular weight is 304 g/mol. The summed E-state index contributed by atoms with van der Waals surface area (Å²) in [7, 11) is 0. The highest BCUT2D eigenvalue weighted by atomic mass is 16.2. The van der Waals surface area contributed by atoms with Crippen LogP contribution < -0.4 is 5.32 Å². The predicted octanol–water partition coefficient (Wildman–Crippen LogP) is 3.04. The standard InChI is InChI=1S/C18H28N2O2/c1-5-7-17(21)20(15(4)18(22)19-12-6-2)13-16-10-8-14(3)9-11-16/h8-11,15H,5-7,12-13H2,1-4H3,(H,19,22)/t15-/m0/s1. The molecule has 0 fully saturated rings. The van der Waals surface area contributed by atoms with Crippen LogP contribution in [0.3, 0.4) is 0 Å². The van der Waals surface area contributed by atoms with E-state index in [2.05, 4.69) is 5.32 Å². The van der Waals surface area contributed by atoms with E-state index < -0.39 is 6.04 Å². The Hall–Kier alpha value is -1.84. The Morgan fingerprint density at radius 3 is 2.32 bits per heavy atom. The molecule has 1 N–H and O–H groups in total. The van der Waals surface area contributed by atoms with Gasteiger partial charge in [0.05, 0.1) is 0 Å². The number of nitrogens with one attached hydrogen (secondary N) is 1. The van der Waals surface area contributed by atoms with Crippen LogP contribution in [-0.4, -0.2) is 29.3 Å². The Morgan fingerprint density at radius 2 is 1.77 bits per heavy atom. The number of nitrogens with zero attached hydrogens (tertiary/aromatic N) is 1. The van der Waals surface area contributed by atoms with E-state index in [1.54, 1.807) is 11.8 Å². The second-order valence-electron chi connectivity index (χ2n) is 5.72.